The molecule has 31 heavy (non-hydrogen) atoms. The second kappa shape index (κ2) is 16.3. The Morgan fingerprint density at radius 2 is 0.839 bits per heavy atom. The molecule has 1 rings (SSSR count). The summed E-state index contributed by atoms with van der Waals surface area (Å²) in [6, 6.07) is 3.75. The fourth-order valence-corrected chi connectivity index (χ4v) is 2.84. The van der Waals surface area contributed by atoms with Crippen LogP contribution in [0.1, 0.15) is 58.2 Å². The summed E-state index contributed by atoms with van der Waals surface area (Å²) in [5.74, 6) is 0.122. The van der Waals surface area contributed by atoms with Gasteiger partial charge >= 0.3 is 0 Å². The summed E-state index contributed by atoms with van der Waals surface area (Å²) in [6.45, 7) is 14.8. The van der Waals surface area contributed by atoms with Crippen molar-refractivity contribution >= 4 is 0 Å². The van der Waals surface area contributed by atoms with E-state index < -0.39 is 0 Å². The van der Waals surface area contributed by atoms with Crippen LogP contribution in [0.3, 0.4) is 0 Å². The van der Waals surface area contributed by atoms with Crippen molar-refractivity contribution in [3.63, 3.8) is 0 Å². The highest BCUT2D eigenvalue weighted by molar-refractivity contribution is 5.43. The largest absolute Gasteiger partial charge is 0.507 e. The minimum atomic E-state index is 0.122. The average Bonchev–Trinajstić information content (AvgIpc) is 2.72. The van der Waals surface area contributed by atoms with E-state index in [0.717, 1.165) is 5.56 Å². The molecular weight excluding hydrogens is 406 g/mol. The molecule has 1 aromatic carbocycles. The molecule has 0 unspecified atom stereocenters. The number of phenols is 1. The maximum Gasteiger partial charge on any atom is 0.124 e. The van der Waals surface area contributed by atoms with Crippen molar-refractivity contribution in [3.05, 3.63) is 28.8 Å². The van der Waals surface area contributed by atoms with Gasteiger partial charge in [0.1, 0.15) is 5.75 Å². The van der Waals surface area contributed by atoms with Crippen molar-refractivity contribution in [3.8, 4) is 5.75 Å². The number of hydrogen-bond donors (Lipinski definition) is 1. The number of benzene rings is 1. The van der Waals surface area contributed by atoms with Gasteiger partial charge < -0.3 is 5.11 Å². The van der Waals surface area contributed by atoms with Crippen LogP contribution in [-0.2, 0) is 48.7 Å². The van der Waals surface area contributed by atoms with Crippen molar-refractivity contribution in [1.29, 1.82) is 0 Å². The van der Waals surface area contributed by atoms with Crippen LogP contribution in [0, 0.1) is 0 Å². The number of phenolic OH excluding ortho intramolecular Hbond substituents is 1. The topological polar surface area (TPSA) is 85.3 Å². The first-order valence-corrected chi connectivity index (χ1v) is 11.0. The van der Waals surface area contributed by atoms with Gasteiger partial charge in [0.15, 0.2) is 0 Å². The standard InChI is InChI=1S/C21H39N3O7/c1-7-26-22(27-8-2)15-18-13-19(16-23(28-9-3)29-10-4)21(25)20(14-18)17-24(30-11-5)31-12-6/h13-14,25H,7-12,15-17H2,1-6H3. The fourth-order valence-electron chi connectivity index (χ4n) is 2.84. The van der Waals surface area contributed by atoms with E-state index in [1.165, 1.54) is 15.7 Å². The Morgan fingerprint density at radius 1 is 0.548 bits per heavy atom. The summed E-state index contributed by atoms with van der Waals surface area (Å²) >= 11 is 0. The van der Waals surface area contributed by atoms with Crippen molar-refractivity contribution in [2.75, 3.05) is 39.6 Å². The summed E-state index contributed by atoms with van der Waals surface area (Å²) in [7, 11) is 0. The van der Waals surface area contributed by atoms with Crippen LogP contribution in [0.15, 0.2) is 12.1 Å². The average molecular weight is 446 g/mol. The summed E-state index contributed by atoms with van der Waals surface area (Å²) in [6.07, 6.45) is 0. The second-order valence-corrected chi connectivity index (χ2v) is 6.24. The van der Waals surface area contributed by atoms with Gasteiger partial charge in [0.25, 0.3) is 0 Å². The third-order valence-electron chi connectivity index (χ3n) is 3.88. The molecule has 0 radical (unpaired) electrons. The highest BCUT2D eigenvalue weighted by atomic mass is 17.0. The van der Waals surface area contributed by atoms with E-state index in [1.54, 1.807) is 0 Å². The van der Waals surface area contributed by atoms with E-state index in [2.05, 4.69) is 0 Å². The van der Waals surface area contributed by atoms with E-state index >= 15 is 0 Å². The molecule has 10 heteroatoms. The lowest BCUT2D eigenvalue weighted by Gasteiger charge is -2.25. The molecule has 0 heterocycles. The second-order valence-electron chi connectivity index (χ2n) is 6.24. The molecule has 10 nitrogen and oxygen atoms in total. The van der Waals surface area contributed by atoms with Crippen LogP contribution in [0.25, 0.3) is 0 Å². The summed E-state index contributed by atoms with van der Waals surface area (Å²) in [5.41, 5.74) is 2.15. The molecule has 180 valence electrons. The van der Waals surface area contributed by atoms with Gasteiger partial charge in [0.05, 0.1) is 59.3 Å². The van der Waals surface area contributed by atoms with Gasteiger partial charge in [0.2, 0.25) is 0 Å². The van der Waals surface area contributed by atoms with Gasteiger partial charge in [-0.3, -0.25) is 29.0 Å². The first-order valence-electron chi connectivity index (χ1n) is 11.0. The zero-order chi connectivity index (χ0) is 23.1. The van der Waals surface area contributed by atoms with E-state index in [9.17, 15) is 5.11 Å². The van der Waals surface area contributed by atoms with Crippen LogP contribution in [0.5, 0.6) is 5.75 Å². The maximum atomic E-state index is 11.0. The molecule has 0 aliphatic rings. The molecule has 1 aromatic rings. The molecule has 0 aliphatic carbocycles. The normalized spacial score (nSPS) is 11.9. The molecule has 0 aliphatic heterocycles. The SMILES string of the molecule is CCON(Cc1cc(CN(OCC)OCC)c(O)c(CN(OCC)OCC)c1)OCC. The van der Waals surface area contributed by atoms with Gasteiger partial charge in [-0.15, -0.1) is 0 Å². The van der Waals surface area contributed by atoms with Gasteiger partial charge in [-0.25, -0.2) is 0 Å². The van der Waals surface area contributed by atoms with Gasteiger partial charge in [0, 0.05) is 11.1 Å². The Morgan fingerprint density at radius 3 is 1.13 bits per heavy atom. The predicted octanol–water partition coefficient (Wildman–Crippen LogP) is 3.51. The lowest BCUT2D eigenvalue weighted by Crippen LogP contribution is -2.27. The summed E-state index contributed by atoms with van der Waals surface area (Å²) in [4.78, 5) is 33.2. The van der Waals surface area contributed by atoms with Crippen LogP contribution < -0.4 is 0 Å². The van der Waals surface area contributed by atoms with Gasteiger partial charge in [-0.1, -0.05) is 15.7 Å². The lowest BCUT2D eigenvalue weighted by atomic mass is 10.0. The zero-order valence-electron chi connectivity index (χ0n) is 19.8. The van der Waals surface area contributed by atoms with Crippen LogP contribution in [-0.4, -0.2) is 60.4 Å². The highest BCUT2D eigenvalue weighted by Gasteiger charge is 2.19. The quantitative estimate of drug-likeness (QED) is 0.339. The van der Waals surface area contributed by atoms with Crippen molar-refractivity contribution in [2.24, 2.45) is 0 Å². The number of nitrogens with zero attached hydrogens (tertiary/aromatic N) is 3. The van der Waals surface area contributed by atoms with E-state index in [0.29, 0.717) is 57.3 Å². The Balaban J connectivity index is 3.25. The Bertz CT molecular complexity index is 549. The van der Waals surface area contributed by atoms with Crippen LogP contribution in [0.4, 0.5) is 0 Å². The first-order chi connectivity index (χ1) is 15.0. The predicted molar refractivity (Wildman–Crippen MR) is 114 cm³/mol. The molecule has 0 fully saturated rings. The van der Waals surface area contributed by atoms with E-state index in [1.807, 2.05) is 53.7 Å². The zero-order valence-corrected chi connectivity index (χ0v) is 19.8. The molecule has 1 N–H and O–H groups in total. The molecule has 0 bridgehead atoms. The maximum absolute atomic E-state index is 11.0. The molecular formula is C21H39N3O7. The number of rotatable bonds is 18. The summed E-state index contributed by atoms with van der Waals surface area (Å²) < 4.78 is 0. The van der Waals surface area contributed by atoms with Crippen LogP contribution in [0.2, 0.25) is 0 Å². The third kappa shape index (κ3) is 10.2. The Labute approximate surface area is 185 Å². The van der Waals surface area contributed by atoms with Gasteiger partial charge in [-0.05, 0) is 59.2 Å². The van der Waals surface area contributed by atoms with Crippen molar-refractivity contribution in [1.82, 2.24) is 15.7 Å². The fraction of sp³-hybridized carbons (Fsp3) is 0.714. The van der Waals surface area contributed by atoms with Crippen LogP contribution >= 0.6 is 0 Å². The Hall–Kier alpha value is -1.34. The smallest absolute Gasteiger partial charge is 0.124 e. The monoisotopic (exact) mass is 445 g/mol. The number of hydrogen-bond acceptors (Lipinski definition) is 10. The molecule has 0 atom stereocenters. The first kappa shape index (κ1) is 27.7. The molecule has 0 spiro atoms. The number of aromatic hydroxyl groups is 1. The Kier molecular flexibility index (Phi) is 14.6. The van der Waals surface area contributed by atoms with Crippen molar-refractivity contribution < 1.29 is 34.1 Å². The van der Waals surface area contributed by atoms with E-state index in [4.69, 9.17) is 29.0 Å². The molecule has 0 amide bonds. The molecule has 0 saturated carbocycles. The molecule has 0 aromatic heterocycles. The molecule has 0 saturated heterocycles. The highest BCUT2D eigenvalue weighted by Crippen LogP contribution is 2.29. The number of hydroxylamine groups is 6. The summed E-state index contributed by atoms with van der Waals surface area (Å²) in [5, 5.41) is 15.1. The lowest BCUT2D eigenvalue weighted by molar-refractivity contribution is -0.372. The van der Waals surface area contributed by atoms with Gasteiger partial charge in [-0.2, -0.15) is 0 Å². The van der Waals surface area contributed by atoms with E-state index in [-0.39, 0.29) is 18.8 Å². The minimum absolute atomic E-state index is 0.122. The third-order valence-corrected chi connectivity index (χ3v) is 3.88. The minimum Gasteiger partial charge on any atom is -0.507 e. The van der Waals surface area contributed by atoms with Crippen molar-refractivity contribution in [2.45, 2.75) is 61.2 Å².